The van der Waals surface area contributed by atoms with E-state index in [1.807, 2.05) is 6.07 Å². The molecule has 0 heterocycles. The van der Waals surface area contributed by atoms with Gasteiger partial charge in [0.1, 0.15) is 0 Å². The molecule has 5 nitrogen and oxygen atoms in total. The molecule has 0 fully saturated rings. The van der Waals surface area contributed by atoms with E-state index in [4.69, 9.17) is 23.2 Å². The summed E-state index contributed by atoms with van der Waals surface area (Å²) in [5.74, 6) is 1.14. The van der Waals surface area contributed by atoms with E-state index in [2.05, 4.69) is 10.0 Å². The Hall–Kier alpha value is -2.19. The number of carbonyl (C=O) groups is 1. The molecule has 1 amide bonds. The van der Waals surface area contributed by atoms with Gasteiger partial charge in [0.15, 0.2) is 0 Å². The number of benzene rings is 3. The lowest BCUT2D eigenvalue weighted by Gasteiger charge is -2.12. The van der Waals surface area contributed by atoms with Crippen LogP contribution in [-0.2, 0) is 15.8 Å². The number of thioether (sulfide) groups is 1. The molecular formula is C23H22Cl2N2O3S2. The SMILES string of the molecule is Cc1ccc(C(=O)NCCSCc2ccc(Cl)cc2Cl)cc1NS(=O)(=O)c1ccccc1. The van der Waals surface area contributed by atoms with E-state index in [1.54, 1.807) is 67.2 Å². The van der Waals surface area contributed by atoms with Gasteiger partial charge in [0, 0.05) is 33.7 Å². The van der Waals surface area contributed by atoms with Gasteiger partial charge in [-0.15, -0.1) is 0 Å². The van der Waals surface area contributed by atoms with Crippen LogP contribution in [0.5, 0.6) is 0 Å². The molecule has 32 heavy (non-hydrogen) atoms. The smallest absolute Gasteiger partial charge is 0.261 e. The zero-order chi connectivity index (χ0) is 23.1. The van der Waals surface area contributed by atoms with E-state index in [0.29, 0.717) is 39.3 Å². The fourth-order valence-electron chi connectivity index (χ4n) is 2.84. The molecule has 0 saturated heterocycles. The second kappa shape index (κ2) is 11.1. The molecule has 0 aliphatic rings. The van der Waals surface area contributed by atoms with Gasteiger partial charge in [-0.1, -0.05) is 53.5 Å². The molecule has 2 N–H and O–H groups in total. The number of halogens is 2. The van der Waals surface area contributed by atoms with Crippen LogP contribution >= 0.6 is 35.0 Å². The summed E-state index contributed by atoms with van der Waals surface area (Å²) in [5.41, 5.74) is 2.46. The van der Waals surface area contributed by atoms with Gasteiger partial charge in [-0.05, 0) is 54.4 Å². The number of carbonyl (C=O) groups excluding carboxylic acids is 1. The maximum atomic E-state index is 12.6. The number of anilines is 1. The Morgan fingerprint density at radius 3 is 2.47 bits per heavy atom. The Kier molecular flexibility index (Phi) is 8.48. The Morgan fingerprint density at radius 2 is 1.75 bits per heavy atom. The third-order valence-corrected chi connectivity index (χ3v) is 7.58. The fraction of sp³-hybridized carbons (Fsp3) is 0.174. The third kappa shape index (κ3) is 6.65. The van der Waals surface area contributed by atoms with E-state index < -0.39 is 10.0 Å². The van der Waals surface area contributed by atoms with Crippen molar-refractivity contribution in [3.05, 3.63) is 93.5 Å². The van der Waals surface area contributed by atoms with E-state index in [0.717, 1.165) is 11.1 Å². The van der Waals surface area contributed by atoms with Crippen LogP contribution in [0.3, 0.4) is 0 Å². The van der Waals surface area contributed by atoms with Crippen molar-refractivity contribution in [1.82, 2.24) is 5.32 Å². The number of sulfonamides is 1. The highest BCUT2D eigenvalue weighted by molar-refractivity contribution is 7.98. The van der Waals surface area contributed by atoms with Gasteiger partial charge >= 0.3 is 0 Å². The molecule has 0 spiro atoms. The monoisotopic (exact) mass is 508 g/mol. The average molecular weight is 509 g/mol. The summed E-state index contributed by atoms with van der Waals surface area (Å²) in [6, 6.07) is 18.4. The number of amides is 1. The van der Waals surface area contributed by atoms with Crippen LogP contribution in [0.25, 0.3) is 0 Å². The van der Waals surface area contributed by atoms with Crippen molar-refractivity contribution in [2.24, 2.45) is 0 Å². The van der Waals surface area contributed by atoms with Crippen molar-refractivity contribution in [2.75, 3.05) is 17.0 Å². The van der Waals surface area contributed by atoms with Crippen molar-refractivity contribution in [2.45, 2.75) is 17.6 Å². The molecule has 3 aromatic rings. The van der Waals surface area contributed by atoms with Crippen molar-refractivity contribution in [1.29, 1.82) is 0 Å². The summed E-state index contributed by atoms with van der Waals surface area (Å²) in [6.45, 7) is 2.25. The minimum absolute atomic E-state index is 0.159. The molecular weight excluding hydrogens is 487 g/mol. The molecule has 0 saturated carbocycles. The standard InChI is InChI=1S/C23H22Cl2N2O3S2/c1-16-7-8-17(13-22(16)27-32(29,30)20-5-3-2-4-6-20)23(28)26-11-12-31-15-18-9-10-19(24)14-21(18)25/h2-10,13-14,27H,11-12,15H2,1H3,(H,26,28). The highest BCUT2D eigenvalue weighted by atomic mass is 35.5. The van der Waals surface area contributed by atoms with Gasteiger partial charge in [0.05, 0.1) is 10.6 Å². The topological polar surface area (TPSA) is 75.3 Å². The van der Waals surface area contributed by atoms with Crippen molar-refractivity contribution in [3.63, 3.8) is 0 Å². The van der Waals surface area contributed by atoms with Crippen LogP contribution in [-0.4, -0.2) is 26.6 Å². The average Bonchev–Trinajstić information content (AvgIpc) is 2.76. The summed E-state index contributed by atoms with van der Waals surface area (Å²) in [6.07, 6.45) is 0. The van der Waals surface area contributed by atoms with Gasteiger partial charge in [-0.25, -0.2) is 8.42 Å². The molecule has 0 unspecified atom stereocenters. The van der Waals surface area contributed by atoms with Gasteiger partial charge in [0.25, 0.3) is 15.9 Å². The van der Waals surface area contributed by atoms with Gasteiger partial charge in [0.2, 0.25) is 0 Å². The zero-order valence-electron chi connectivity index (χ0n) is 17.3. The van der Waals surface area contributed by atoms with Crippen LogP contribution in [0.1, 0.15) is 21.5 Å². The van der Waals surface area contributed by atoms with Crippen molar-refractivity contribution in [3.8, 4) is 0 Å². The Morgan fingerprint density at radius 1 is 1.00 bits per heavy atom. The molecule has 168 valence electrons. The second-order valence-electron chi connectivity index (χ2n) is 6.99. The predicted molar refractivity (Wildman–Crippen MR) is 133 cm³/mol. The first kappa shape index (κ1) is 24.5. The first-order chi connectivity index (χ1) is 15.3. The summed E-state index contributed by atoms with van der Waals surface area (Å²) in [4.78, 5) is 12.7. The van der Waals surface area contributed by atoms with Crippen LogP contribution in [0.2, 0.25) is 10.0 Å². The number of aryl methyl sites for hydroxylation is 1. The molecule has 0 atom stereocenters. The third-order valence-electron chi connectivity index (χ3n) is 4.60. The van der Waals surface area contributed by atoms with E-state index in [9.17, 15) is 13.2 Å². The molecule has 9 heteroatoms. The lowest BCUT2D eigenvalue weighted by atomic mass is 10.1. The number of hydrogen-bond donors (Lipinski definition) is 2. The molecule has 0 aromatic heterocycles. The van der Waals surface area contributed by atoms with Crippen LogP contribution in [0.15, 0.2) is 71.6 Å². The summed E-state index contributed by atoms with van der Waals surface area (Å²) >= 11 is 13.7. The zero-order valence-corrected chi connectivity index (χ0v) is 20.4. The highest BCUT2D eigenvalue weighted by Crippen LogP contribution is 2.25. The molecule has 3 rings (SSSR count). The van der Waals surface area contributed by atoms with Crippen molar-refractivity contribution >= 4 is 56.6 Å². The minimum atomic E-state index is -3.74. The predicted octanol–water partition coefficient (Wildman–Crippen LogP) is 5.77. The van der Waals surface area contributed by atoms with Crippen LogP contribution in [0.4, 0.5) is 5.69 Å². The van der Waals surface area contributed by atoms with Gasteiger partial charge in [-0.2, -0.15) is 11.8 Å². The molecule has 3 aromatic carbocycles. The van der Waals surface area contributed by atoms with Gasteiger partial charge in [-0.3, -0.25) is 9.52 Å². The summed E-state index contributed by atoms with van der Waals surface area (Å²) in [5, 5.41) is 4.08. The largest absolute Gasteiger partial charge is 0.351 e. The summed E-state index contributed by atoms with van der Waals surface area (Å²) < 4.78 is 27.8. The molecule has 0 aliphatic heterocycles. The van der Waals surface area contributed by atoms with Crippen LogP contribution < -0.4 is 10.0 Å². The lowest BCUT2D eigenvalue weighted by molar-refractivity contribution is 0.0956. The van der Waals surface area contributed by atoms with Crippen molar-refractivity contribution < 1.29 is 13.2 Å². The number of hydrogen-bond acceptors (Lipinski definition) is 4. The fourth-order valence-corrected chi connectivity index (χ4v) is 5.40. The quantitative estimate of drug-likeness (QED) is 0.360. The first-order valence-corrected chi connectivity index (χ1v) is 13.1. The maximum absolute atomic E-state index is 12.6. The minimum Gasteiger partial charge on any atom is -0.351 e. The Labute approximate surface area is 202 Å². The van der Waals surface area contributed by atoms with E-state index in [-0.39, 0.29) is 10.8 Å². The lowest BCUT2D eigenvalue weighted by Crippen LogP contribution is -2.26. The number of rotatable bonds is 9. The second-order valence-corrected chi connectivity index (χ2v) is 10.6. The number of nitrogens with one attached hydrogen (secondary N) is 2. The van der Waals surface area contributed by atoms with Crippen LogP contribution in [0, 0.1) is 6.92 Å². The normalized spacial score (nSPS) is 11.2. The van der Waals surface area contributed by atoms with E-state index in [1.165, 1.54) is 12.1 Å². The maximum Gasteiger partial charge on any atom is 0.261 e. The Bertz CT molecular complexity index is 1200. The molecule has 0 radical (unpaired) electrons. The van der Waals surface area contributed by atoms with E-state index >= 15 is 0 Å². The molecule has 0 aliphatic carbocycles. The summed E-state index contributed by atoms with van der Waals surface area (Å²) in [7, 11) is -3.74. The van der Waals surface area contributed by atoms with Gasteiger partial charge < -0.3 is 5.32 Å². The Balaban J connectivity index is 1.55. The highest BCUT2D eigenvalue weighted by Gasteiger charge is 2.16. The molecule has 0 bridgehead atoms. The first-order valence-electron chi connectivity index (χ1n) is 9.74.